The number of furan rings is 1. The van der Waals surface area contributed by atoms with Crippen LogP contribution in [0.4, 0.5) is 5.95 Å². The normalized spacial score (nSPS) is 14.3. The second-order valence-electron chi connectivity index (χ2n) is 8.47. The molecule has 0 bridgehead atoms. The zero-order chi connectivity index (χ0) is 22.2. The van der Waals surface area contributed by atoms with Gasteiger partial charge < -0.3 is 10.2 Å². The minimum absolute atomic E-state index is 0.294. The average molecular weight is 437 g/mol. The molecule has 33 heavy (non-hydrogen) atoms. The first-order chi connectivity index (χ1) is 16.2. The molecule has 7 heteroatoms. The number of rotatable bonds is 4. The predicted molar refractivity (Wildman–Crippen MR) is 127 cm³/mol. The van der Waals surface area contributed by atoms with Crippen molar-refractivity contribution in [3.8, 4) is 22.8 Å². The fourth-order valence-corrected chi connectivity index (χ4v) is 4.56. The van der Waals surface area contributed by atoms with E-state index in [0.717, 1.165) is 37.3 Å². The summed E-state index contributed by atoms with van der Waals surface area (Å²) in [4.78, 5) is 11.7. The van der Waals surface area contributed by atoms with Crippen LogP contribution in [0.5, 0.6) is 0 Å². The second kappa shape index (κ2) is 8.18. The quantitative estimate of drug-likeness (QED) is 0.444. The molecule has 0 unspecified atom stereocenters. The third kappa shape index (κ3) is 3.87. The van der Waals surface area contributed by atoms with Crippen molar-refractivity contribution in [3.05, 3.63) is 89.7 Å². The summed E-state index contributed by atoms with van der Waals surface area (Å²) in [5, 5.41) is 4.43. The summed E-state index contributed by atoms with van der Waals surface area (Å²) in [5.74, 6) is 1.38. The Kier molecular flexibility index (Phi) is 4.88. The molecule has 0 atom stereocenters. The molecule has 0 saturated carbocycles. The molecule has 0 radical (unpaired) electrons. The van der Waals surface area contributed by atoms with Crippen LogP contribution in [0.25, 0.3) is 28.5 Å². The van der Waals surface area contributed by atoms with Gasteiger partial charge in [-0.15, -0.1) is 5.10 Å². The first-order valence-electron chi connectivity index (χ1n) is 11.2. The van der Waals surface area contributed by atoms with E-state index in [1.165, 1.54) is 23.1 Å². The van der Waals surface area contributed by atoms with Crippen molar-refractivity contribution in [3.63, 3.8) is 0 Å². The van der Waals surface area contributed by atoms with Crippen LogP contribution < -0.4 is 5.73 Å². The topological polar surface area (TPSA) is 85.5 Å². The van der Waals surface area contributed by atoms with Gasteiger partial charge in [-0.25, -0.2) is 9.97 Å². The molecule has 0 aliphatic carbocycles. The van der Waals surface area contributed by atoms with E-state index in [1.54, 1.807) is 10.8 Å². The first kappa shape index (κ1) is 19.7. The number of aryl methyl sites for hydroxylation is 1. The first-order valence-corrected chi connectivity index (χ1v) is 11.2. The van der Waals surface area contributed by atoms with E-state index in [2.05, 4.69) is 68.5 Å². The fourth-order valence-electron chi connectivity index (χ4n) is 4.56. The molecule has 3 aromatic heterocycles. The van der Waals surface area contributed by atoms with Gasteiger partial charge in [0, 0.05) is 24.7 Å². The molecule has 6 rings (SSSR count). The van der Waals surface area contributed by atoms with Crippen molar-refractivity contribution in [2.24, 2.45) is 0 Å². The Labute approximate surface area is 191 Å². The van der Waals surface area contributed by atoms with Crippen LogP contribution in [-0.4, -0.2) is 31.0 Å². The third-order valence-corrected chi connectivity index (χ3v) is 6.15. The summed E-state index contributed by atoms with van der Waals surface area (Å²) in [6.07, 6.45) is 3.92. The van der Waals surface area contributed by atoms with Gasteiger partial charge in [0.2, 0.25) is 11.8 Å². The van der Waals surface area contributed by atoms with E-state index in [-0.39, 0.29) is 0 Å². The second-order valence-corrected chi connectivity index (χ2v) is 8.47. The van der Waals surface area contributed by atoms with Crippen LogP contribution in [0, 0.1) is 0 Å². The van der Waals surface area contributed by atoms with Gasteiger partial charge in [-0.2, -0.15) is 4.52 Å². The lowest BCUT2D eigenvalue weighted by atomic mass is 10.0. The predicted octanol–water partition coefficient (Wildman–Crippen LogP) is 4.58. The maximum atomic E-state index is 6.22. The molecule has 1 aliphatic rings. The van der Waals surface area contributed by atoms with Gasteiger partial charge in [0.1, 0.15) is 0 Å². The van der Waals surface area contributed by atoms with Gasteiger partial charge in [-0.05, 0) is 54.3 Å². The fraction of sp³-hybridized carbons (Fsp3) is 0.192. The highest BCUT2D eigenvalue weighted by Gasteiger charge is 2.16. The number of hydrogen-bond donors (Lipinski definition) is 1. The molecular weight excluding hydrogens is 412 g/mol. The van der Waals surface area contributed by atoms with Crippen molar-refractivity contribution in [2.45, 2.75) is 25.9 Å². The third-order valence-electron chi connectivity index (χ3n) is 6.15. The van der Waals surface area contributed by atoms with E-state index in [9.17, 15) is 0 Å². The Balaban J connectivity index is 1.28. The van der Waals surface area contributed by atoms with E-state index < -0.39 is 0 Å². The SMILES string of the molecule is Nc1nc(-c2cccc(CN3CCCc4ccccc4C3)c2)cc2nc(-c3ccco3)nn12. The molecule has 0 saturated heterocycles. The summed E-state index contributed by atoms with van der Waals surface area (Å²) in [7, 11) is 0. The lowest BCUT2D eigenvalue weighted by Crippen LogP contribution is -2.22. The average Bonchev–Trinajstić information content (AvgIpc) is 3.46. The standard InChI is InChI=1S/C26H24N6O/c27-26-28-22(15-24-29-25(30-32(24)26)23-11-5-13-33-23)20-9-3-6-18(14-20)16-31-12-4-10-19-7-1-2-8-21(19)17-31/h1-3,5-9,11,13-15H,4,10,12,16-17H2,(H2,27,28). The number of nitrogens with zero attached hydrogens (tertiary/aromatic N) is 5. The number of anilines is 1. The molecule has 2 aromatic carbocycles. The number of fused-ring (bicyclic) bond motifs is 2. The Morgan fingerprint density at radius 1 is 0.939 bits per heavy atom. The summed E-state index contributed by atoms with van der Waals surface area (Å²) in [6, 6.07) is 22.8. The molecular formula is C26H24N6O. The molecule has 7 nitrogen and oxygen atoms in total. The summed E-state index contributed by atoms with van der Waals surface area (Å²) in [5.41, 5.74) is 12.8. The van der Waals surface area contributed by atoms with Crippen molar-refractivity contribution in [2.75, 3.05) is 12.3 Å². The van der Waals surface area contributed by atoms with Crippen molar-refractivity contribution >= 4 is 11.6 Å². The van der Waals surface area contributed by atoms with Gasteiger partial charge >= 0.3 is 0 Å². The monoisotopic (exact) mass is 436 g/mol. The Morgan fingerprint density at radius 3 is 2.73 bits per heavy atom. The van der Waals surface area contributed by atoms with Crippen LogP contribution in [-0.2, 0) is 19.5 Å². The molecule has 0 spiro atoms. The summed E-state index contributed by atoms with van der Waals surface area (Å²) < 4.78 is 6.96. The van der Waals surface area contributed by atoms with Crippen molar-refractivity contribution in [1.82, 2.24) is 24.5 Å². The van der Waals surface area contributed by atoms with Crippen molar-refractivity contribution < 1.29 is 4.42 Å². The highest BCUT2D eigenvalue weighted by molar-refractivity contribution is 5.67. The Morgan fingerprint density at radius 2 is 1.85 bits per heavy atom. The van der Waals surface area contributed by atoms with E-state index in [1.807, 2.05) is 18.2 Å². The lowest BCUT2D eigenvalue weighted by Gasteiger charge is -2.21. The number of hydrogen-bond acceptors (Lipinski definition) is 6. The van der Waals surface area contributed by atoms with Gasteiger partial charge in [0.15, 0.2) is 11.4 Å². The highest BCUT2D eigenvalue weighted by atomic mass is 16.3. The summed E-state index contributed by atoms with van der Waals surface area (Å²) >= 11 is 0. The largest absolute Gasteiger partial charge is 0.461 e. The highest BCUT2D eigenvalue weighted by Crippen LogP contribution is 2.25. The minimum atomic E-state index is 0.294. The molecule has 4 heterocycles. The zero-order valence-corrected chi connectivity index (χ0v) is 18.2. The van der Waals surface area contributed by atoms with Gasteiger partial charge in [0.25, 0.3) is 0 Å². The molecule has 2 N–H and O–H groups in total. The van der Waals surface area contributed by atoms with Crippen molar-refractivity contribution in [1.29, 1.82) is 0 Å². The number of benzene rings is 2. The van der Waals surface area contributed by atoms with Crippen LogP contribution >= 0.6 is 0 Å². The molecule has 5 aromatic rings. The van der Waals surface area contributed by atoms with Gasteiger partial charge in [-0.1, -0.05) is 42.5 Å². The number of aromatic nitrogens is 4. The maximum absolute atomic E-state index is 6.22. The van der Waals surface area contributed by atoms with E-state index >= 15 is 0 Å². The van der Waals surface area contributed by atoms with Crippen LogP contribution in [0.15, 0.2) is 77.4 Å². The van der Waals surface area contributed by atoms with Gasteiger partial charge in [0.05, 0.1) is 12.0 Å². The van der Waals surface area contributed by atoms with E-state index in [0.29, 0.717) is 23.2 Å². The summed E-state index contributed by atoms with van der Waals surface area (Å²) in [6.45, 7) is 2.96. The van der Waals surface area contributed by atoms with Crippen LogP contribution in [0.1, 0.15) is 23.1 Å². The Bertz CT molecular complexity index is 1420. The zero-order valence-electron chi connectivity index (χ0n) is 18.2. The lowest BCUT2D eigenvalue weighted by molar-refractivity contribution is 0.261. The molecule has 0 fully saturated rings. The smallest absolute Gasteiger partial charge is 0.223 e. The Hall–Kier alpha value is -3.97. The number of nitrogens with two attached hydrogens (primary N) is 1. The minimum Gasteiger partial charge on any atom is -0.461 e. The van der Waals surface area contributed by atoms with E-state index in [4.69, 9.17) is 10.2 Å². The molecule has 1 aliphatic heterocycles. The van der Waals surface area contributed by atoms with Crippen LogP contribution in [0.2, 0.25) is 0 Å². The van der Waals surface area contributed by atoms with Crippen LogP contribution in [0.3, 0.4) is 0 Å². The van der Waals surface area contributed by atoms with Gasteiger partial charge in [-0.3, -0.25) is 4.90 Å². The molecule has 164 valence electrons. The maximum Gasteiger partial charge on any atom is 0.223 e. The molecule has 0 amide bonds. The number of nitrogen functional groups attached to an aromatic ring is 1.